The number of rotatable bonds is 3. The third-order valence-corrected chi connectivity index (χ3v) is 5.18. The monoisotopic (exact) mass is 374 g/mol. The van der Waals surface area contributed by atoms with Crippen molar-refractivity contribution < 1.29 is 0 Å². The lowest BCUT2D eigenvalue weighted by Gasteiger charge is -2.01. The van der Waals surface area contributed by atoms with Crippen molar-refractivity contribution in [2.45, 2.75) is 19.8 Å². The molecule has 17 heavy (non-hydrogen) atoms. The molecular weight excluding hydrogens is 364 g/mol. The molecule has 0 amide bonds. The molecule has 0 fully saturated rings. The van der Waals surface area contributed by atoms with E-state index in [9.17, 15) is 0 Å². The molecule has 2 N–H and O–H groups in total. The summed E-state index contributed by atoms with van der Waals surface area (Å²) in [4.78, 5) is 4.60. The average Bonchev–Trinajstić information content (AvgIpc) is 2.64. The van der Waals surface area contributed by atoms with Gasteiger partial charge in [-0.3, -0.25) is 0 Å². The zero-order chi connectivity index (χ0) is 12.4. The highest BCUT2D eigenvalue weighted by atomic mass is 79.9. The summed E-state index contributed by atoms with van der Waals surface area (Å²) in [5.74, 6) is 0. The quantitative estimate of drug-likeness (QED) is 0.830. The van der Waals surface area contributed by atoms with Crippen LogP contribution in [0.2, 0.25) is 0 Å². The summed E-state index contributed by atoms with van der Waals surface area (Å²) in [5, 5.41) is 1.90. The van der Waals surface area contributed by atoms with Crippen LogP contribution in [0.15, 0.2) is 27.1 Å². The van der Waals surface area contributed by atoms with Crippen LogP contribution >= 0.6 is 43.2 Å². The number of aryl methyl sites for hydroxylation is 1. The lowest BCUT2D eigenvalue weighted by Crippen LogP contribution is -1.87. The zero-order valence-corrected chi connectivity index (χ0v) is 13.3. The van der Waals surface area contributed by atoms with Crippen molar-refractivity contribution in [3.05, 3.63) is 32.2 Å². The van der Waals surface area contributed by atoms with E-state index in [1.807, 2.05) is 18.2 Å². The fourth-order valence-electron chi connectivity index (χ4n) is 1.55. The van der Waals surface area contributed by atoms with Gasteiger partial charge in [0.15, 0.2) is 0 Å². The number of benzene rings is 1. The summed E-state index contributed by atoms with van der Waals surface area (Å²) < 4.78 is 2.04. The van der Waals surface area contributed by atoms with Gasteiger partial charge in [0.1, 0.15) is 10.7 Å². The molecule has 5 heteroatoms. The number of halogens is 2. The third-order valence-electron chi connectivity index (χ3n) is 2.35. The van der Waals surface area contributed by atoms with Crippen LogP contribution in [0.1, 0.15) is 18.4 Å². The minimum Gasteiger partial charge on any atom is -0.389 e. The van der Waals surface area contributed by atoms with Gasteiger partial charge >= 0.3 is 0 Å². The molecule has 0 aliphatic heterocycles. The maximum absolute atomic E-state index is 6.02. The molecule has 1 heterocycles. The van der Waals surface area contributed by atoms with Crippen LogP contribution < -0.4 is 5.73 Å². The number of hydrogen-bond donors (Lipinski definition) is 1. The second-order valence-electron chi connectivity index (χ2n) is 3.70. The first-order chi connectivity index (χ1) is 8.11. The molecule has 2 aromatic rings. The number of nitrogens with zero attached hydrogens (tertiary/aromatic N) is 1. The van der Waals surface area contributed by atoms with E-state index in [2.05, 4.69) is 43.8 Å². The van der Waals surface area contributed by atoms with E-state index < -0.39 is 0 Å². The number of aromatic nitrogens is 1. The Hall–Kier alpha value is -0.390. The van der Waals surface area contributed by atoms with E-state index in [4.69, 9.17) is 5.73 Å². The number of anilines is 1. The molecule has 0 bridgehead atoms. The maximum Gasteiger partial charge on any atom is 0.114 e. The van der Waals surface area contributed by atoms with Crippen molar-refractivity contribution in [2.75, 3.05) is 5.73 Å². The predicted molar refractivity (Wildman–Crippen MR) is 81.4 cm³/mol. The SMILES string of the molecule is CCCc1nc(-c2ccc(Br)c(Br)c2)c(N)s1. The lowest BCUT2D eigenvalue weighted by atomic mass is 10.2. The average molecular weight is 376 g/mol. The summed E-state index contributed by atoms with van der Waals surface area (Å²) in [6, 6.07) is 6.05. The van der Waals surface area contributed by atoms with E-state index in [0.717, 1.165) is 43.1 Å². The minimum absolute atomic E-state index is 0.794. The highest BCUT2D eigenvalue weighted by Gasteiger charge is 2.11. The van der Waals surface area contributed by atoms with Crippen LogP contribution in [-0.4, -0.2) is 4.98 Å². The Morgan fingerprint density at radius 3 is 2.71 bits per heavy atom. The summed E-state index contributed by atoms with van der Waals surface area (Å²) in [7, 11) is 0. The maximum atomic E-state index is 6.02. The Morgan fingerprint density at radius 1 is 1.29 bits per heavy atom. The van der Waals surface area contributed by atoms with Gasteiger partial charge in [0.25, 0.3) is 0 Å². The van der Waals surface area contributed by atoms with E-state index in [0.29, 0.717) is 0 Å². The number of hydrogen-bond acceptors (Lipinski definition) is 3. The summed E-state index contributed by atoms with van der Waals surface area (Å²) >= 11 is 8.53. The van der Waals surface area contributed by atoms with Crippen molar-refractivity contribution in [2.24, 2.45) is 0 Å². The van der Waals surface area contributed by atoms with E-state index >= 15 is 0 Å². The second kappa shape index (κ2) is 5.50. The third kappa shape index (κ3) is 2.89. The van der Waals surface area contributed by atoms with Crippen molar-refractivity contribution >= 4 is 48.2 Å². The van der Waals surface area contributed by atoms with Crippen molar-refractivity contribution in [1.82, 2.24) is 4.98 Å². The fraction of sp³-hybridized carbons (Fsp3) is 0.250. The van der Waals surface area contributed by atoms with E-state index in [1.165, 1.54) is 0 Å². The fourth-order valence-corrected chi connectivity index (χ4v) is 3.13. The Bertz CT molecular complexity index is 537. The topological polar surface area (TPSA) is 38.9 Å². The molecular formula is C12H12Br2N2S. The molecule has 2 nitrogen and oxygen atoms in total. The second-order valence-corrected chi connectivity index (χ2v) is 6.52. The Morgan fingerprint density at radius 2 is 2.06 bits per heavy atom. The molecule has 0 aliphatic carbocycles. The molecule has 0 atom stereocenters. The van der Waals surface area contributed by atoms with Crippen molar-refractivity contribution in [3.8, 4) is 11.3 Å². The largest absolute Gasteiger partial charge is 0.389 e. The normalized spacial score (nSPS) is 10.8. The van der Waals surface area contributed by atoms with E-state index in [-0.39, 0.29) is 0 Å². The van der Waals surface area contributed by atoms with E-state index in [1.54, 1.807) is 11.3 Å². The van der Waals surface area contributed by atoms with Crippen LogP contribution in [0.25, 0.3) is 11.3 Å². The van der Waals surface area contributed by atoms with Gasteiger partial charge in [0.2, 0.25) is 0 Å². The highest BCUT2D eigenvalue weighted by molar-refractivity contribution is 9.13. The molecule has 1 aromatic heterocycles. The molecule has 0 radical (unpaired) electrons. The number of nitrogens with two attached hydrogens (primary N) is 1. The molecule has 1 aromatic carbocycles. The first-order valence-corrected chi connectivity index (χ1v) is 7.72. The molecule has 0 spiro atoms. The van der Waals surface area contributed by atoms with Crippen LogP contribution in [0.3, 0.4) is 0 Å². The van der Waals surface area contributed by atoms with Crippen LogP contribution in [0.5, 0.6) is 0 Å². The van der Waals surface area contributed by atoms with Gasteiger partial charge in [0.05, 0.1) is 5.01 Å². The first-order valence-electron chi connectivity index (χ1n) is 5.32. The Balaban J connectivity index is 2.41. The Labute approximate surface area is 122 Å². The summed E-state index contributed by atoms with van der Waals surface area (Å²) in [5.41, 5.74) is 7.97. The zero-order valence-electron chi connectivity index (χ0n) is 9.34. The van der Waals surface area contributed by atoms with Gasteiger partial charge in [-0.05, 0) is 56.8 Å². The molecule has 0 aliphatic rings. The lowest BCUT2D eigenvalue weighted by molar-refractivity contribution is 0.910. The van der Waals surface area contributed by atoms with Gasteiger partial charge in [-0.25, -0.2) is 4.98 Å². The number of nitrogen functional groups attached to an aromatic ring is 1. The molecule has 0 saturated heterocycles. The molecule has 2 rings (SSSR count). The smallest absolute Gasteiger partial charge is 0.114 e. The van der Waals surface area contributed by atoms with Gasteiger partial charge in [0, 0.05) is 14.5 Å². The Kier molecular flexibility index (Phi) is 4.22. The summed E-state index contributed by atoms with van der Waals surface area (Å²) in [6.07, 6.45) is 2.09. The highest BCUT2D eigenvalue weighted by Crippen LogP contribution is 2.34. The van der Waals surface area contributed by atoms with Gasteiger partial charge < -0.3 is 5.73 Å². The van der Waals surface area contributed by atoms with Gasteiger partial charge in [-0.2, -0.15) is 0 Å². The first kappa shape index (κ1) is 13.1. The van der Waals surface area contributed by atoms with Crippen LogP contribution in [0, 0.1) is 0 Å². The van der Waals surface area contributed by atoms with Crippen molar-refractivity contribution in [1.29, 1.82) is 0 Å². The van der Waals surface area contributed by atoms with Crippen molar-refractivity contribution in [3.63, 3.8) is 0 Å². The standard InChI is InChI=1S/C12H12Br2N2S/c1-2-3-10-16-11(12(15)17-10)7-4-5-8(13)9(14)6-7/h4-6H,2-3,15H2,1H3. The van der Waals surface area contributed by atoms with Crippen LogP contribution in [-0.2, 0) is 6.42 Å². The molecule has 90 valence electrons. The van der Waals surface area contributed by atoms with Crippen LogP contribution in [0.4, 0.5) is 5.00 Å². The van der Waals surface area contributed by atoms with Gasteiger partial charge in [-0.15, -0.1) is 11.3 Å². The number of thiazole rings is 1. The van der Waals surface area contributed by atoms with Gasteiger partial charge in [-0.1, -0.05) is 13.0 Å². The molecule has 0 unspecified atom stereocenters. The predicted octanol–water partition coefficient (Wildman–Crippen LogP) is 4.87. The summed E-state index contributed by atoms with van der Waals surface area (Å²) in [6.45, 7) is 2.15. The molecule has 0 saturated carbocycles. The minimum atomic E-state index is 0.794.